The Morgan fingerprint density at radius 2 is 1.68 bits per heavy atom. The number of anilines is 1. The molecule has 2 aromatic carbocycles. The van der Waals surface area contributed by atoms with E-state index in [4.69, 9.17) is 4.74 Å². The molecule has 0 fully saturated rings. The molecule has 3 rings (SSSR count). The molecule has 126 valence electrons. The van der Waals surface area contributed by atoms with Crippen LogP contribution in [-0.2, 0) is 4.79 Å². The molecule has 1 heterocycles. The van der Waals surface area contributed by atoms with Crippen LogP contribution in [0.25, 0.3) is 11.4 Å². The van der Waals surface area contributed by atoms with E-state index in [0.717, 1.165) is 10.0 Å². The Kier molecular flexibility index (Phi) is 5.40. The highest BCUT2D eigenvalue weighted by atomic mass is 79.9. The molecule has 1 amide bonds. The van der Waals surface area contributed by atoms with Gasteiger partial charge >= 0.3 is 0 Å². The van der Waals surface area contributed by atoms with Crippen LogP contribution >= 0.6 is 15.9 Å². The molecular weight excluding hydrogens is 382 g/mol. The van der Waals surface area contributed by atoms with E-state index in [1.807, 2.05) is 42.5 Å². The van der Waals surface area contributed by atoms with E-state index in [-0.39, 0.29) is 5.91 Å². The molecule has 0 aliphatic heterocycles. The molecule has 1 unspecified atom stereocenters. The number of nitrogens with zero attached hydrogens (tertiary/aromatic N) is 2. The van der Waals surface area contributed by atoms with Crippen molar-refractivity contribution in [3.8, 4) is 17.1 Å². The second-order valence-corrected chi connectivity index (χ2v) is 6.28. The first-order valence-electron chi connectivity index (χ1n) is 7.72. The molecule has 1 atom stereocenters. The second-order valence-electron chi connectivity index (χ2n) is 5.36. The fourth-order valence-corrected chi connectivity index (χ4v) is 2.41. The van der Waals surface area contributed by atoms with Crippen molar-refractivity contribution in [2.75, 3.05) is 5.32 Å². The van der Waals surface area contributed by atoms with Crippen LogP contribution in [-0.4, -0.2) is 22.0 Å². The van der Waals surface area contributed by atoms with Gasteiger partial charge in [0.05, 0.1) is 18.1 Å². The van der Waals surface area contributed by atoms with Crippen LogP contribution in [0.2, 0.25) is 0 Å². The molecule has 0 bridgehead atoms. The number of aromatic nitrogens is 2. The normalized spacial score (nSPS) is 11.6. The largest absolute Gasteiger partial charge is 0.481 e. The minimum atomic E-state index is -0.644. The van der Waals surface area contributed by atoms with Crippen LogP contribution < -0.4 is 10.1 Å². The monoisotopic (exact) mass is 397 g/mol. The fraction of sp³-hybridized carbons (Fsp3) is 0.105. The molecule has 0 spiro atoms. The summed E-state index contributed by atoms with van der Waals surface area (Å²) in [7, 11) is 0. The van der Waals surface area contributed by atoms with Gasteiger partial charge in [0.15, 0.2) is 11.9 Å². The van der Waals surface area contributed by atoms with Gasteiger partial charge in [0.2, 0.25) is 0 Å². The Morgan fingerprint density at radius 3 is 2.32 bits per heavy atom. The van der Waals surface area contributed by atoms with Crippen molar-refractivity contribution in [2.45, 2.75) is 13.0 Å². The SMILES string of the molecule is CC(Oc1ccc(Br)cc1)C(=O)Nc1cnc(-c2ccccc2)nc1. The summed E-state index contributed by atoms with van der Waals surface area (Å²) in [6.07, 6.45) is 2.52. The van der Waals surface area contributed by atoms with Gasteiger partial charge in [-0.25, -0.2) is 9.97 Å². The van der Waals surface area contributed by atoms with E-state index >= 15 is 0 Å². The highest BCUT2D eigenvalue weighted by molar-refractivity contribution is 9.10. The molecule has 0 saturated heterocycles. The van der Waals surface area contributed by atoms with E-state index in [0.29, 0.717) is 17.3 Å². The number of carbonyl (C=O) groups excluding carboxylic acids is 1. The highest BCUT2D eigenvalue weighted by Crippen LogP contribution is 2.18. The maximum atomic E-state index is 12.2. The summed E-state index contributed by atoms with van der Waals surface area (Å²) >= 11 is 3.36. The number of hydrogen-bond donors (Lipinski definition) is 1. The molecule has 25 heavy (non-hydrogen) atoms. The maximum Gasteiger partial charge on any atom is 0.265 e. The van der Waals surface area contributed by atoms with Gasteiger partial charge in [0.1, 0.15) is 5.75 Å². The fourth-order valence-electron chi connectivity index (χ4n) is 2.14. The van der Waals surface area contributed by atoms with Gasteiger partial charge in [-0.1, -0.05) is 46.3 Å². The Balaban J connectivity index is 1.61. The zero-order valence-corrected chi connectivity index (χ0v) is 15.1. The van der Waals surface area contributed by atoms with Gasteiger partial charge in [-0.2, -0.15) is 0 Å². The van der Waals surface area contributed by atoms with E-state index in [1.165, 1.54) is 0 Å². The first-order chi connectivity index (χ1) is 12.1. The van der Waals surface area contributed by atoms with Crippen LogP contribution in [0.1, 0.15) is 6.92 Å². The summed E-state index contributed by atoms with van der Waals surface area (Å²) in [5, 5.41) is 2.75. The Bertz CT molecular complexity index is 837. The lowest BCUT2D eigenvalue weighted by Crippen LogP contribution is -2.30. The Hall–Kier alpha value is -2.73. The molecule has 0 radical (unpaired) electrons. The predicted octanol–water partition coefficient (Wildman–Crippen LogP) is 4.31. The smallest absolute Gasteiger partial charge is 0.265 e. The summed E-state index contributed by atoms with van der Waals surface area (Å²) in [6.45, 7) is 1.69. The second kappa shape index (κ2) is 7.90. The Morgan fingerprint density at radius 1 is 1.04 bits per heavy atom. The van der Waals surface area contributed by atoms with Gasteiger partial charge in [0.25, 0.3) is 5.91 Å². The Labute approximate surface area is 154 Å². The number of ether oxygens (including phenoxy) is 1. The average molecular weight is 398 g/mol. The zero-order valence-electron chi connectivity index (χ0n) is 13.5. The molecule has 1 N–H and O–H groups in total. The van der Waals surface area contributed by atoms with Crippen LogP contribution in [0.3, 0.4) is 0 Å². The first kappa shape index (κ1) is 17.1. The number of benzene rings is 2. The van der Waals surface area contributed by atoms with Gasteiger partial charge in [0, 0.05) is 10.0 Å². The molecule has 0 aliphatic rings. The highest BCUT2D eigenvalue weighted by Gasteiger charge is 2.15. The van der Waals surface area contributed by atoms with Crippen LogP contribution in [0.15, 0.2) is 71.5 Å². The minimum Gasteiger partial charge on any atom is -0.481 e. The quantitative estimate of drug-likeness (QED) is 0.696. The first-order valence-corrected chi connectivity index (χ1v) is 8.51. The summed E-state index contributed by atoms with van der Waals surface area (Å²) in [5.41, 5.74) is 1.45. The van der Waals surface area contributed by atoms with Crippen molar-refractivity contribution in [3.63, 3.8) is 0 Å². The maximum absolute atomic E-state index is 12.2. The summed E-state index contributed by atoms with van der Waals surface area (Å²) in [5.74, 6) is 0.971. The third-order valence-corrected chi connectivity index (χ3v) is 3.98. The lowest BCUT2D eigenvalue weighted by atomic mass is 10.2. The van der Waals surface area contributed by atoms with E-state index < -0.39 is 6.10 Å². The zero-order chi connectivity index (χ0) is 17.6. The standard InChI is InChI=1S/C19H16BrN3O2/c1-13(25-17-9-7-15(20)8-10-17)19(24)23-16-11-21-18(22-12-16)14-5-3-2-4-6-14/h2-13H,1H3,(H,23,24). The number of rotatable bonds is 5. The molecule has 5 nitrogen and oxygen atoms in total. The topological polar surface area (TPSA) is 64.1 Å². The molecule has 0 aliphatic carbocycles. The number of carbonyl (C=O) groups is 1. The molecule has 1 aromatic heterocycles. The van der Waals surface area contributed by atoms with E-state index in [2.05, 4.69) is 31.2 Å². The van der Waals surface area contributed by atoms with Crippen LogP contribution in [0, 0.1) is 0 Å². The number of nitrogens with one attached hydrogen (secondary N) is 1. The van der Waals surface area contributed by atoms with Gasteiger partial charge in [-0.3, -0.25) is 4.79 Å². The lowest BCUT2D eigenvalue weighted by Gasteiger charge is -2.14. The lowest BCUT2D eigenvalue weighted by molar-refractivity contribution is -0.122. The van der Waals surface area contributed by atoms with E-state index in [1.54, 1.807) is 31.5 Å². The van der Waals surface area contributed by atoms with Crippen molar-refractivity contribution >= 4 is 27.5 Å². The molecule has 0 saturated carbocycles. The predicted molar refractivity (Wildman–Crippen MR) is 100 cm³/mol. The third-order valence-electron chi connectivity index (χ3n) is 3.45. The summed E-state index contributed by atoms with van der Waals surface area (Å²) in [6, 6.07) is 17.0. The average Bonchev–Trinajstić information content (AvgIpc) is 2.65. The number of hydrogen-bond acceptors (Lipinski definition) is 4. The van der Waals surface area contributed by atoms with Crippen molar-refractivity contribution in [2.24, 2.45) is 0 Å². The summed E-state index contributed by atoms with van der Waals surface area (Å²) < 4.78 is 6.57. The third kappa shape index (κ3) is 4.64. The number of halogens is 1. The van der Waals surface area contributed by atoms with Crippen molar-refractivity contribution in [1.82, 2.24) is 9.97 Å². The molecule has 6 heteroatoms. The van der Waals surface area contributed by atoms with Crippen LogP contribution in [0.4, 0.5) is 5.69 Å². The van der Waals surface area contributed by atoms with E-state index in [9.17, 15) is 4.79 Å². The van der Waals surface area contributed by atoms with Crippen molar-refractivity contribution < 1.29 is 9.53 Å². The van der Waals surface area contributed by atoms with Crippen molar-refractivity contribution in [1.29, 1.82) is 0 Å². The minimum absolute atomic E-state index is 0.265. The number of amides is 1. The molecular formula is C19H16BrN3O2. The van der Waals surface area contributed by atoms with Gasteiger partial charge in [-0.05, 0) is 31.2 Å². The molecule has 3 aromatic rings. The van der Waals surface area contributed by atoms with Crippen molar-refractivity contribution in [3.05, 3.63) is 71.5 Å². The van der Waals surface area contributed by atoms with Gasteiger partial charge in [-0.15, -0.1) is 0 Å². The van der Waals surface area contributed by atoms with Gasteiger partial charge < -0.3 is 10.1 Å². The van der Waals surface area contributed by atoms with Crippen LogP contribution in [0.5, 0.6) is 5.75 Å². The summed E-state index contributed by atoms with van der Waals surface area (Å²) in [4.78, 5) is 20.8.